The van der Waals surface area contributed by atoms with E-state index in [-0.39, 0.29) is 42.4 Å². The smallest absolute Gasteiger partial charge is 0.416 e. The SMILES string of the molecule is CN=C(NCCOc1ccc(C(F)(F)F)cc1)NC1CCN(c2ncccc2F)C1.I. The van der Waals surface area contributed by atoms with Gasteiger partial charge in [0.2, 0.25) is 0 Å². The fourth-order valence-electron chi connectivity index (χ4n) is 3.15. The lowest BCUT2D eigenvalue weighted by atomic mass is 10.2. The molecule has 1 aliphatic heterocycles. The van der Waals surface area contributed by atoms with Gasteiger partial charge in [-0.05, 0) is 42.8 Å². The summed E-state index contributed by atoms with van der Waals surface area (Å²) in [6.45, 7) is 1.93. The number of hydrogen-bond donors (Lipinski definition) is 2. The van der Waals surface area contributed by atoms with Crippen molar-refractivity contribution in [2.24, 2.45) is 4.99 Å². The maximum atomic E-state index is 13.9. The van der Waals surface area contributed by atoms with Gasteiger partial charge >= 0.3 is 6.18 Å². The Hall–Kier alpha value is -2.31. The highest BCUT2D eigenvalue weighted by molar-refractivity contribution is 14.0. The normalized spacial score (nSPS) is 16.6. The van der Waals surface area contributed by atoms with Gasteiger partial charge in [-0.3, -0.25) is 4.99 Å². The van der Waals surface area contributed by atoms with Crippen LogP contribution in [-0.2, 0) is 6.18 Å². The van der Waals surface area contributed by atoms with Crippen LogP contribution in [-0.4, -0.2) is 50.3 Å². The first-order valence-electron chi connectivity index (χ1n) is 9.49. The molecular weight excluding hydrogens is 529 g/mol. The third kappa shape index (κ3) is 7.11. The maximum absolute atomic E-state index is 13.9. The van der Waals surface area contributed by atoms with Crippen LogP contribution in [0.3, 0.4) is 0 Å². The second-order valence-corrected chi connectivity index (χ2v) is 6.75. The molecule has 1 fully saturated rings. The lowest BCUT2D eigenvalue weighted by Crippen LogP contribution is -2.45. The molecule has 1 unspecified atom stereocenters. The fraction of sp³-hybridized carbons (Fsp3) is 0.400. The number of halogens is 5. The van der Waals surface area contributed by atoms with Crippen LogP contribution in [0, 0.1) is 5.82 Å². The van der Waals surface area contributed by atoms with E-state index in [0.29, 0.717) is 37.2 Å². The highest BCUT2D eigenvalue weighted by Gasteiger charge is 2.30. The second kappa shape index (κ2) is 11.3. The zero-order valence-electron chi connectivity index (χ0n) is 16.8. The summed E-state index contributed by atoms with van der Waals surface area (Å²) in [6.07, 6.45) is -1.99. The average Bonchev–Trinajstić information content (AvgIpc) is 3.18. The molecule has 3 rings (SSSR count). The van der Waals surface area contributed by atoms with E-state index < -0.39 is 11.7 Å². The zero-order chi connectivity index (χ0) is 21.6. The minimum absolute atomic E-state index is 0. The molecule has 1 aliphatic rings. The molecular formula is C20H24F4IN5O. The van der Waals surface area contributed by atoms with Crippen LogP contribution < -0.4 is 20.3 Å². The van der Waals surface area contributed by atoms with Gasteiger partial charge in [0, 0.05) is 32.4 Å². The van der Waals surface area contributed by atoms with Crippen LogP contribution in [0.1, 0.15) is 12.0 Å². The number of hydrogen-bond acceptors (Lipinski definition) is 4. The topological polar surface area (TPSA) is 61.8 Å². The highest BCUT2D eigenvalue weighted by Crippen LogP contribution is 2.30. The minimum atomic E-state index is -4.36. The Balaban J connectivity index is 0.00000341. The number of rotatable bonds is 6. The van der Waals surface area contributed by atoms with Gasteiger partial charge < -0.3 is 20.3 Å². The molecule has 170 valence electrons. The maximum Gasteiger partial charge on any atom is 0.416 e. The van der Waals surface area contributed by atoms with Crippen LogP contribution in [0.25, 0.3) is 0 Å². The van der Waals surface area contributed by atoms with Crippen molar-refractivity contribution < 1.29 is 22.3 Å². The summed E-state index contributed by atoms with van der Waals surface area (Å²) >= 11 is 0. The van der Waals surface area contributed by atoms with Gasteiger partial charge in [-0.2, -0.15) is 13.2 Å². The van der Waals surface area contributed by atoms with E-state index in [1.807, 2.05) is 4.90 Å². The van der Waals surface area contributed by atoms with E-state index >= 15 is 0 Å². The standard InChI is InChI=1S/C20H23F4N5O.HI/c1-25-19(27-10-12-30-16-6-4-14(5-7-16)20(22,23)24)28-15-8-11-29(13-15)18-17(21)3-2-9-26-18;/h2-7,9,15H,8,10-13H2,1H3,(H2,25,27,28);1H. The molecule has 1 saturated heterocycles. The summed E-state index contributed by atoms with van der Waals surface area (Å²) in [6, 6.07) is 7.58. The number of anilines is 1. The molecule has 0 bridgehead atoms. The first-order chi connectivity index (χ1) is 14.4. The van der Waals surface area contributed by atoms with E-state index in [9.17, 15) is 17.6 Å². The molecule has 2 heterocycles. The van der Waals surface area contributed by atoms with Crippen molar-refractivity contribution in [3.63, 3.8) is 0 Å². The van der Waals surface area contributed by atoms with Gasteiger partial charge in [0.05, 0.1) is 12.1 Å². The molecule has 0 saturated carbocycles. The van der Waals surface area contributed by atoms with Crippen molar-refractivity contribution in [3.8, 4) is 5.75 Å². The Morgan fingerprint density at radius 1 is 1.26 bits per heavy atom. The number of guanidine groups is 1. The van der Waals surface area contributed by atoms with Gasteiger partial charge in [0.25, 0.3) is 0 Å². The Labute approximate surface area is 195 Å². The van der Waals surface area contributed by atoms with E-state index in [1.54, 1.807) is 19.3 Å². The summed E-state index contributed by atoms with van der Waals surface area (Å²) in [5, 5.41) is 6.37. The third-order valence-electron chi connectivity index (χ3n) is 4.64. The third-order valence-corrected chi connectivity index (χ3v) is 4.64. The van der Waals surface area contributed by atoms with Crippen molar-refractivity contribution in [2.45, 2.75) is 18.6 Å². The largest absolute Gasteiger partial charge is 0.492 e. The lowest BCUT2D eigenvalue weighted by molar-refractivity contribution is -0.137. The van der Waals surface area contributed by atoms with Crippen molar-refractivity contribution >= 4 is 35.8 Å². The van der Waals surface area contributed by atoms with E-state index in [0.717, 1.165) is 18.6 Å². The molecule has 2 N–H and O–H groups in total. The van der Waals surface area contributed by atoms with Crippen molar-refractivity contribution in [1.82, 2.24) is 15.6 Å². The summed E-state index contributed by atoms with van der Waals surface area (Å²) in [5.41, 5.74) is -0.714. The first-order valence-corrected chi connectivity index (χ1v) is 9.49. The Kier molecular flexibility index (Phi) is 9.14. The Morgan fingerprint density at radius 3 is 2.65 bits per heavy atom. The quantitative estimate of drug-likeness (QED) is 0.188. The number of aliphatic imine (C=N–C) groups is 1. The van der Waals surface area contributed by atoms with Crippen LogP contribution in [0.15, 0.2) is 47.6 Å². The number of ether oxygens (including phenoxy) is 1. The highest BCUT2D eigenvalue weighted by atomic mass is 127. The zero-order valence-corrected chi connectivity index (χ0v) is 19.2. The molecule has 2 aromatic rings. The minimum Gasteiger partial charge on any atom is -0.492 e. The fourth-order valence-corrected chi connectivity index (χ4v) is 3.15. The molecule has 0 radical (unpaired) electrons. The van der Waals surface area contributed by atoms with Gasteiger partial charge in [0.15, 0.2) is 17.6 Å². The average molecular weight is 553 g/mol. The molecule has 0 aliphatic carbocycles. The summed E-state index contributed by atoms with van der Waals surface area (Å²) in [5.74, 6) is 0.923. The predicted octanol–water partition coefficient (Wildman–Crippen LogP) is 3.68. The Morgan fingerprint density at radius 2 is 2.00 bits per heavy atom. The van der Waals surface area contributed by atoms with Crippen LogP contribution in [0.4, 0.5) is 23.4 Å². The molecule has 0 amide bonds. The monoisotopic (exact) mass is 553 g/mol. The first kappa shape index (κ1) is 25.0. The molecule has 6 nitrogen and oxygen atoms in total. The molecule has 1 atom stereocenters. The number of benzene rings is 1. The molecule has 31 heavy (non-hydrogen) atoms. The number of nitrogens with zero attached hydrogens (tertiary/aromatic N) is 3. The van der Waals surface area contributed by atoms with Crippen LogP contribution >= 0.6 is 24.0 Å². The molecule has 11 heteroatoms. The van der Waals surface area contributed by atoms with Gasteiger partial charge in [0.1, 0.15) is 12.4 Å². The van der Waals surface area contributed by atoms with E-state index in [4.69, 9.17) is 4.74 Å². The molecule has 0 spiro atoms. The number of nitrogens with one attached hydrogen (secondary N) is 2. The number of alkyl halides is 3. The van der Waals surface area contributed by atoms with Gasteiger partial charge in [-0.1, -0.05) is 0 Å². The van der Waals surface area contributed by atoms with E-state index in [1.165, 1.54) is 18.2 Å². The summed E-state index contributed by atoms with van der Waals surface area (Å²) in [4.78, 5) is 10.1. The summed E-state index contributed by atoms with van der Waals surface area (Å²) < 4.78 is 57.0. The van der Waals surface area contributed by atoms with Gasteiger partial charge in [-0.15, -0.1) is 24.0 Å². The van der Waals surface area contributed by atoms with Crippen molar-refractivity contribution in [1.29, 1.82) is 0 Å². The lowest BCUT2D eigenvalue weighted by Gasteiger charge is -2.20. The van der Waals surface area contributed by atoms with Crippen molar-refractivity contribution in [3.05, 3.63) is 54.0 Å². The summed E-state index contributed by atoms with van der Waals surface area (Å²) in [7, 11) is 1.64. The molecule has 1 aromatic carbocycles. The predicted molar refractivity (Wildman–Crippen MR) is 122 cm³/mol. The van der Waals surface area contributed by atoms with E-state index in [2.05, 4.69) is 20.6 Å². The number of pyridine rings is 1. The Bertz CT molecular complexity index is 863. The molecule has 1 aromatic heterocycles. The second-order valence-electron chi connectivity index (χ2n) is 6.75. The van der Waals surface area contributed by atoms with Crippen molar-refractivity contribution in [2.75, 3.05) is 38.2 Å². The number of aromatic nitrogens is 1. The van der Waals surface area contributed by atoms with Crippen LogP contribution in [0.2, 0.25) is 0 Å². The van der Waals surface area contributed by atoms with Gasteiger partial charge in [-0.25, -0.2) is 9.37 Å². The van der Waals surface area contributed by atoms with Crippen LogP contribution in [0.5, 0.6) is 5.75 Å².